The standard InChI is InChI=1S/C23H30N2OS/c1-15-3-4-16(2)20(7-15)14-27-22-24-5-6-25(22)21(26)23-11-17-8-18(12-23)10-19(9-17)13-23/h3-4,7,17-19H,5-6,8-14H2,1-2H3. The van der Waals surface area contributed by atoms with Gasteiger partial charge in [-0.05, 0) is 81.3 Å². The van der Waals surface area contributed by atoms with Crippen LogP contribution in [0.5, 0.6) is 0 Å². The molecule has 4 saturated carbocycles. The molecule has 5 aliphatic rings. The molecule has 3 nitrogen and oxygen atoms in total. The van der Waals surface area contributed by atoms with E-state index in [1.807, 2.05) is 0 Å². The van der Waals surface area contributed by atoms with E-state index >= 15 is 0 Å². The molecule has 4 bridgehead atoms. The van der Waals surface area contributed by atoms with Gasteiger partial charge in [0.1, 0.15) is 0 Å². The smallest absolute Gasteiger partial charge is 0.234 e. The number of amidine groups is 1. The van der Waals surface area contributed by atoms with Crippen LogP contribution in [0, 0.1) is 37.0 Å². The lowest BCUT2D eigenvalue weighted by molar-refractivity contribution is -0.152. The molecular formula is C23H30N2OS. The lowest BCUT2D eigenvalue weighted by Crippen LogP contribution is -2.55. The second-order valence-electron chi connectivity index (χ2n) is 9.54. The summed E-state index contributed by atoms with van der Waals surface area (Å²) in [4.78, 5) is 20.4. The molecule has 0 N–H and O–H groups in total. The van der Waals surface area contributed by atoms with E-state index in [0.29, 0.717) is 5.91 Å². The van der Waals surface area contributed by atoms with Crippen LogP contribution in [0.2, 0.25) is 0 Å². The van der Waals surface area contributed by atoms with E-state index < -0.39 is 0 Å². The van der Waals surface area contributed by atoms with E-state index in [-0.39, 0.29) is 5.41 Å². The van der Waals surface area contributed by atoms with E-state index in [0.717, 1.165) is 61.0 Å². The monoisotopic (exact) mass is 382 g/mol. The number of thioether (sulfide) groups is 1. The fraction of sp³-hybridized carbons (Fsp3) is 0.652. The maximum Gasteiger partial charge on any atom is 0.234 e. The van der Waals surface area contributed by atoms with Crippen molar-refractivity contribution in [3.63, 3.8) is 0 Å². The van der Waals surface area contributed by atoms with E-state index in [1.165, 1.54) is 36.0 Å². The minimum Gasteiger partial charge on any atom is -0.289 e. The molecule has 144 valence electrons. The zero-order valence-electron chi connectivity index (χ0n) is 16.5. The van der Waals surface area contributed by atoms with Gasteiger partial charge in [-0.25, -0.2) is 0 Å². The Hall–Kier alpha value is -1.29. The Kier molecular flexibility index (Phi) is 4.38. The first-order valence-electron chi connectivity index (χ1n) is 10.6. The van der Waals surface area contributed by atoms with Crippen LogP contribution in [-0.4, -0.2) is 29.1 Å². The largest absolute Gasteiger partial charge is 0.289 e. The summed E-state index contributed by atoms with van der Waals surface area (Å²) in [7, 11) is 0. The summed E-state index contributed by atoms with van der Waals surface area (Å²) in [6.45, 7) is 5.87. The van der Waals surface area contributed by atoms with E-state index in [1.54, 1.807) is 11.8 Å². The van der Waals surface area contributed by atoms with Crippen LogP contribution in [0.15, 0.2) is 23.2 Å². The van der Waals surface area contributed by atoms with Crippen molar-refractivity contribution in [3.8, 4) is 0 Å². The van der Waals surface area contributed by atoms with Crippen LogP contribution < -0.4 is 0 Å². The Morgan fingerprint density at radius 3 is 2.48 bits per heavy atom. The SMILES string of the molecule is Cc1ccc(C)c(CSC2=NCCN2C(=O)C23CC4CC(CC(C4)C2)C3)c1. The summed E-state index contributed by atoms with van der Waals surface area (Å²) in [5.74, 6) is 3.74. The summed E-state index contributed by atoms with van der Waals surface area (Å²) in [5.41, 5.74) is 3.92. The minimum absolute atomic E-state index is 0.0559. The summed E-state index contributed by atoms with van der Waals surface area (Å²) >= 11 is 1.76. The van der Waals surface area contributed by atoms with Crippen molar-refractivity contribution in [2.24, 2.45) is 28.2 Å². The average molecular weight is 383 g/mol. The molecule has 6 rings (SSSR count). The van der Waals surface area contributed by atoms with Gasteiger partial charge in [0, 0.05) is 12.3 Å². The lowest BCUT2D eigenvalue weighted by Gasteiger charge is -2.56. The Morgan fingerprint density at radius 1 is 1.15 bits per heavy atom. The van der Waals surface area contributed by atoms with Crippen LogP contribution in [0.1, 0.15) is 55.2 Å². The first-order chi connectivity index (χ1) is 13.0. The Balaban J connectivity index is 1.31. The second kappa shape index (κ2) is 6.65. The molecule has 4 heteroatoms. The molecule has 1 amide bonds. The Labute approximate surface area is 167 Å². The first kappa shape index (κ1) is 17.8. The topological polar surface area (TPSA) is 32.7 Å². The third kappa shape index (κ3) is 3.14. The normalized spacial score (nSPS) is 34.2. The molecule has 1 aromatic carbocycles. The number of hydrogen-bond acceptors (Lipinski definition) is 3. The van der Waals surface area contributed by atoms with Crippen LogP contribution in [0.4, 0.5) is 0 Å². The molecule has 1 aromatic rings. The van der Waals surface area contributed by atoms with Gasteiger partial charge in [-0.1, -0.05) is 35.5 Å². The molecule has 0 saturated heterocycles. The van der Waals surface area contributed by atoms with Crippen molar-refractivity contribution >= 4 is 22.8 Å². The van der Waals surface area contributed by atoms with E-state index in [4.69, 9.17) is 4.99 Å². The number of hydrogen-bond donors (Lipinski definition) is 0. The highest BCUT2D eigenvalue weighted by Gasteiger charge is 2.56. The number of nitrogens with zero attached hydrogens (tertiary/aromatic N) is 2. The molecule has 0 aromatic heterocycles. The third-order valence-corrected chi connectivity index (χ3v) is 8.46. The van der Waals surface area contributed by atoms with Crippen molar-refractivity contribution in [1.29, 1.82) is 0 Å². The van der Waals surface area contributed by atoms with Crippen molar-refractivity contribution < 1.29 is 4.79 Å². The third-order valence-electron chi connectivity index (χ3n) is 7.40. The minimum atomic E-state index is -0.0559. The Bertz CT molecular complexity index is 764. The zero-order chi connectivity index (χ0) is 18.6. The van der Waals surface area contributed by atoms with Gasteiger partial charge in [0.2, 0.25) is 5.91 Å². The number of benzene rings is 1. The molecule has 4 fully saturated rings. The molecule has 0 spiro atoms. The maximum atomic E-state index is 13.7. The summed E-state index contributed by atoms with van der Waals surface area (Å²) in [5, 5.41) is 0.969. The zero-order valence-corrected chi connectivity index (χ0v) is 17.4. The van der Waals surface area contributed by atoms with E-state index in [9.17, 15) is 4.79 Å². The van der Waals surface area contributed by atoms with E-state index in [2.05, 4.69) is 36.9 Å². The van der Waals surface area contributed by atoms with Crippen molar-refractivity contribution in [3.05, 3.63) is 34.9 Å². The fourth-order valence-electron chi connectivity index (χ4n) is 6.50. The van der Waals surface area contributed by atoms with Gasteiger partial charge in [0.15, 0.2) is 5.17 Å². The maximum absolute atomic E-state index is 13.7. The molecule has 27 heavy (non-hydrogen) atoms. The average Bonchev–Trinajstić information content (AvgIpc) is 3.09. The number of aryl methyl sites for hydroxylation is 2. The van der Waals surface area contributed by atoms with Crippen LogP contribution in [0.25, 0.3) is 0 Å². The first-order valence-corrected chi connectivity index (χ1v) is 11.6. The number of amides is 1. The summed E-state index contributed by atoms with van der Waals surface area (Å²) in [6.07, 6.45) is 7.58. The highest BCUT2D eigenvalue weighted by atomic mass is 32.2. The summed E-state index contributed by atoms with van der Waals surface area (Å²) < 4.78 is 0. The lowest BCUT2D eigenvalue weighted by atomic mass is 9.49. The van der Waals surface area contributed by atoms with Crippen LogP contribution >= 0.6 is 11.8 Å². The van der Waals surface area contributed by atoms with Gasteiger partial charge >= 0.3 is 0 Å². The molecule has 0 atom stereocenters. The molecular weight excluding hydrogens is 352 g/mol. The van der Waals surface area contributed by atoms with Crippen molar-refractivity contribution in [2.75, 3.05) is 13.1 Å². The quantitative estimate of drug-likeness (QED) is 0.741. The van der Waals surface area contributed by atoms with Gasteiger partial charge in [0.05, 0.1) is 12.0 Å². The Morgan fingerprint density at radius 2 is 1.81 bits per heavy atom. The number of carbonyl (C=O) groups excluding carboxylic acids is 1. The second-order valence-corrected chi connectivity index (χ2v) is 10.5. The molecule has 0 unspecified atom stereocenters. The number of rotatable bonds is 3. The predicted octanol–water partition coefficient (Wildman–Crippen LogP) is 4.95. The molecule has 4 aliphatic carbocycles. The van der Waals surface area contributed by atoms with Crippen LogP contribution in [-0.2, 0) is 10.5 Å². The molecule has 1 aliphatic heterocycles. The van der Waals surface area contributed by atoms with Crippen LogP contribution in [0.3, 0.4) is 0 Å². The fourth-order valence-corrected chi connectivity index (χ4v) is 7.60. The van der Waals surface area contributed by atoms with Crippen molar-refractivity contribution in [2.45, 2.75) is 58.1 Å². The van der Waals surface area contributed by atoms with Crippen molar-refractivity contribution in [1.82, 2.24) is 4.90 Å². The van der Waals surface area contributed by atoms with Gasteiger partial charge in [-0.15, -0.1) is 0 Å². The number of carbonyl (C=O) groups is 1. The predicted molar refractivity (Wildman–Crippen MR) is 112 cm³/mol. The van der Waals surface area contributed by atoms with Gasteiger partial charge in [0.25, 0.3) is 0 Å². The molecule has 1 heterocycles. The highest BCUT2D eigenvalue weighted by molar-refractivity contribution is 8.13. The van der Waals surface area contributed by atoms with Gasteiger partial charge in [-0.3, -0.25) is 14.7 Å². The number of aliphatic imine (C=N–C) groups is 1. The molecule has 0 radical (unpaired) electrons. The van der Waals surface area contributed by atoms with Gasteiger partial charge in [-0.2, -0.15) is 0 Å². The highest BCUT2D eigenvalue weighted by Crippen LogP contribution is 2.60. The van der Waals surface area contributed by atoms with Gasteiger partial charge < -0.3 is 0 Å². The summed E-state index contributed by atoms with van der Waals surface area (Å²) in [6, 6.07) is 6.63.